The molecule has 9 heteroatoms. The monoisotopic (exact) mass is 468 g/mol. The van der Waals surface area contributed by atoms with E-state index in [2.05, 4.69) is 4.99 Å². The van der Waals surface area contributed by atoms with Crippen molar-refractivity contribution in [3.8, 4) is 0 Å². The molecule has 2 heterocycles. The van der Waals surface area contributed by atoms with Gasteiger partial charge in [0.05, 0.1) is 24.0 Å². The zero-order valence-electron chi connectivity index (χ0n) is 15.5. The van der Waals surface area contributed by atoms with Crippen molar-refractivity contribution in [2.24, 2.45) is 4.99 Å². The molecule has 2 aliphatic heterocycles. The Morgan fingerprint density at radius 3 is 2.55 bits per heavy atom. The molecule has 2 aliphatic rings. The number of aliphatic imine (C=N–C) groups is 1. The van der Waals surface area contributed by atoms with E-state index in [1.54, 1.807) is 36.4 Å². The standard InChI is InChI=1S/C20H18Cl2N2O3S2/c1-12-2-5-15(22)9-16(12)24-17-10-29(26,27)11-18(17)28-20(24)23-19(25)8-13-3-6-14(21)7-4-13/h2-7,9,17-18H,8,10-11H2,1H3/t17-,18+/m1/s1. The number of hydrogen-bond donors (Lipinski definition) is 0. The normalized spacial score (nSPS) is 24.1. The maximum Gasteiger partial charge on any atom is 0.252 e. The number of amidine groups is 1. The second kappa shape index (κ2) is 7.95. The largest absolute Gasteiger partial charge is 0.315 e. The number of sulfone groups is 1. The summed E-state index contributed by atoms with van der Waals surface area (Å²) in [4.78, 5) is 18.8. The number of aryl methyl sites for hydroxylation is 1. The lowest BCUT2D eigenvalue weighted by Crippen LogP contribution is -2.38. The van der Waals surface area contributed by atoms with E-state index in [1.165, 1.54) is 11.8 Å². The SMILES string of the molecule is Cc1ccc(Cl)cc1N1C(=NC(=O)Cc2ccc(Cl)cc2)S[C@H]2CS(=O)(=O)C[C@H]21. The highest BCUT2D eigenvalue weighted by atomic mass is 35.5. The van der Waals surface area contributed by atoms with Gasteiger partial charge >= 0.3 is 0 Å². The van der Waals surface area contributed by atoms with Crippen LogP contribution < -0.4 is 4.90 Å². The molecule has 2 aromatic rings. The molecule has 0 bridgehead atoms. The summed E-state index contributed by atoms with van der Waals surface area (Å²) >= 11 is 13.4. The Morgan fingerprint density at radius 1 is 1.14 bits per heavy atom. The van der Waals surface area contributed by atoms with Crippen molar-refractivity contribution in [2.75, 3.05) is 16.4 Å². The van der Waals surface area contributed by atoms with Crippen molar-refractivity contribution >= 4 is 61.6 Å². The topological polar surface area (TPSA) is 66.8 Å². The van der Waals surface area contributed by atoms with Gasteiger partial charge in [0.25, 0.3) is 5.91 Å². The molecule has 29 heavy (non-hydrogen) atoms. The number of halogens is 2. The highest BCUT2D eigenvalue weighted by Crippen LogP contribution is 2.42. The van der Waals surface area contributed by atoms with E-state index < -0.39 is 9.84 Å². The smallest absolute Gasteiger partial charge is 0.252 e. The van der Waals surface area contributed by atoms with Crippen LogP contribution in [0, 0.1) is 6.92 Å². The maximum atomic E-state index is 12.6. The molecule has 0 aliphatic carbocycles. The third-order valence-electron chi connectivity index (χ3n) is 4.99. The van der Waals surface area contributed by atoms with Gasteiger partial charge < -0.3 is 4.90 Å². The van der Waals surface area contributed by atoms with Gasteiger partial charge in [-0.05, 0) is 42.3 Å². The first kappa shape index (κ1) is 20.7. The summed E-state index contributed by atoms with van der Waals surface area (Å²) in [5.74, 6) is -0.161. The number of anilines is 1. The highest BCUT2D eigenvalue weighted by molar-refractivity contribution is 8.16. The van der Waals surface area contributed by atoms with E-state index >= 15 is 0 Å². The first-order valence-corrected chi connectivity index (χ1v) is 12.5. The fourth-order valence-electron chi connectivity index (χ4n) is 3.61. The van der Waals surface area contributed by atoms with Gasteiger partial charge in [-0.15, -0.1) is 0 Å². The summed E-state index contributed by atoms with van der Waals surface area (Å²) in [5.41, 5.74) is 2.55. The lowest BCUT2D eigenvalue weighted by molar-refractivity contribution is -0.117. The fraction of sp³-hybridized carbons (Fsp3) is 0.300. The number of carbonyl (C=O) groups excluding carboxylic acids is 1. The molecular formula is C20H18Cl2N2O3S2. The molecule has 0 aromatic heterocycles. The summed E-state index contributed by atoms with van der Waals surface area (Å²) in [6.45, 7) is 1.93. The maximum absolute atomic E-state index is 12.6. The number of thioether (sulfide) groups is 1. The molecule has 2 aromatic carbocycles. The molecule has 2 saturated heterocycles. The highest BCUT2D eigenvalue weighted by Gasteiger charge is 2.49. The van der Waals surface area contributed by atoms with Crippen molar-refractivity contribution in [3.05, 3.63) is 63.6 Å². The molecule has 5 nitrogen and oxygen atoms in total. The van der Waals surface area contributed by atoms with Crippen LogP contribution in [-0.2, 0) is 21.1 Å². The van der Waals surface area contributed by atoms with Crippen LogP contribution in [0.25, 0.3) is 0 Å². The fourth-order valence-corrected chi connectivity index (χ4v) is 7.83. The van der Waals surface area contributed by atoms with Gasteiger partial charge in [-0.1, -0.05) is 53.2 Å². The predicted octanol–water partition coefficient (Wildman–Crippen LogP) is 4.15. The minimum atomic E-state index is -3.12. The molecule has 152 valence electrons. The number of rotatable bonds is 3. The number of fused-ring (bicyclic) bond motifs is 1. The van der Waals surface area contributed by atoms with E-state index in [9.17, 15) is 13.2 Å². The molecule has 0 unspecified atom stereocenters. The van der Waals surface area contributed by atoms with Crippen LogP contribution in [0.5, 0.6) is 0 Å². The van der Waals surface area contributed by atoms with Crippen LogP contribution in [0.15, 0.2) is 47.5 Å². The van der Waals surface area contributed by atoms with Crippen molar-refractivity contribution in [1.29, 1.82) is 0 Å². The second-order valence-corrected chi connectivity index (χ2v) is 11.4. The first-order valence-electron chi connectivity index (χ1n) is 9.00. The quantitative estimate of drug-likeness (QED) is 0.676. The van der Waals surface area contributed by atoms with Crippen LogP contribution >= 0.6 is 35.0 Å². The van der Waals surface area contributed by atoms with E-state index in [1.807, 2.05) is 17.9 Å². The first-order chi connectivity index (χ1) is 13.7. The van der Waals surface area contributed by atoms with Crippen molar-refractivity contribution in [1.82, 2.24) is 0 Å². The van der Waals surface area contributed by atoms with Gasteiger partial charge in [0.1, 0.15) is 0 Å². The zero-order valence-corrected chi connectivity index (χ0v) is 18.7. The van der Waals surface area contributed by atoms with Crippen LogP contribution in [0.2, 0.25) is 10.0 Å². The summed E-state index contributed by atoms with van der Waals surface area (Å²) in [6.07, 6.45) is 0.150. The second-order valence-electron chi connectivity index (χ2n) is 7.19. The van der Waals surface area contributed by atoms with Crippen LogP contribution in [0.1, 0.15) is 11.1 Å². The summed E-state index contributed by atoms with van der Waals surface area (Å²) < 4.78 is 24.4. The number of hydrogen-bond acceptors (Lipinski definition) is 4. The number of nitrogens with zero attached hydrogens (tertiary/aromatic N) is 2. The van der Waals surface area contributed by atoms with E-state index in [0.717, 1.165) is 16.8 Å². The molecule has 1 amide bonds. The van der Waals surface area contributed by atoms with Crippen molar-refractivity contribution in [2.45, 2.75) is 24.6 Å². The Balaban J connectivity index is 1.67. The van der Waals surface area contributed by atoms with Crippen molar-refractivity contribution in [3.63, 3.8) is 0 Å². The van der Waals surface area contributed by atoms with E-state index in [0.29, 0.717) is 15.2 Å². The molecule has 2 atom stereocenters. The van der Waals surface area contributed by atoms with Crippen LogP contribution in [0.3, 0.4) is 0 Å². The zero-order chi connectivity index (χ0) is 20.8. The number of carbonyl (C=O) groups is 1. The van der Waals surface area contributed by atoms with Gasteiger partial charge in [0, 0.05) is 21.0 Å². The van der Waals surface area contributed by atoms with Gasteiger partial charge in [-0.2, -0.15) is 4.99 Å². The minimum Gasteiger partial charge on any atom is -0.315 e. The molecule has 2 fully saturated rings. The van der Waals surface area contributed by atoms with Gasteiger partial charge in [0.15, 0.2) is 15.0 Å². The molecule has 0 spiro atoms. The Morgan fingerprint density at radius 2 is 1.83 bits per heavy atom. The lowest BCUT2D eigenvalue weighted by Gasteiger charge is -2.26. The third-order valence-corrected chi connectivity index (χ3v) is 8.68. The average Bonchev–Trinajstić information content (AvgIpc) is 3.10. The molecule has 0 N–H and O–H groups in total. The Hall–Kier alpha value is -1.54. The third kappa shape index (κ3) is 4.48. The Bertz CT molecular complexity index is 1100. The Kier molecular flexibility index (Phi) is 5.68. The van der Waals surface area contributed by atoms with Crippen LogP contribution in [-0.4, -0.2) is 42.3 Å². The average molecular weight is 469 g/mol. The number of benzene rings is 2. The van der Waals surface area contributed by atoms with Gasteiger partial charge in [0.2, 0.25) is 0 Å². The lowest BCUT2D eigenvalue weighted by atomic mass is 10.1. The summed E-state index contributed by atoms with van der Waals surface area (Å²) in [7, 11) is -3.12. The van der Waals surface area contributed by atoms with Crippen LogP contribution in [0.4, 0.5) is 5.69 Å². The summed E-state index contributed by atoms with van der Waals surface area (Å²) in [5, 5.41) is 1.53. The van der Waals surface area contributed by atoms with E-state index in [4.69, 9.17) is 23.2 Å². The number of amides is 1. The summed E-state index contributed by atoms with van der Waals surface area (Å²) in [6, 6.07) is 12.3. The molecule has 4 rings (SSSR count). The minimum absolute atomic E-state index is 0.0427. The van der Waals surface area contributed by atoms with E-state index in [-0.39, 0.29) is 35.1 Å². The molecule has 0 radical (unpaired) electrons. The predicted molar refractivity (Wildman–Crippen MR) is 120 cm³/mol. The molecule has 0 saturated carbocycles. The Labute approximate surface area is 184 Å². The van der Waals surface area contributed by atoms with Gasteiger partial charge in [-0.3, -0.25) is 4.79 Å². The molecular weight excluding hydrogens is 451 g/mol. The van der Waals surface area contributed by atoms with Crippen molar-refractivity contribution < 1.29 is 13.2 Å². The van der Waals surface area contributed by atoms with Gasteiger partial charge in [-0.25, -0.2) is 8.42 Å².